The highest BCUT2D eigenvalue weighted by molar-refractivity contribution is 6.51. The van der Waals surface area contributed by atoms with E-state index in [4.69, 9.17) is 9.47 Å². The molecule has 2 rings (SSSR count). The molecule has 1 aromatic rings. The molecule has 0 unspecified atom stereocenters. The maximum atomic E-state index is 14.2. The zero-order valence-corrected chi connectivity index (χ0v) is 11.9. The van der Waals surface area contributed by atoms with Crippen LogP contribution in [0.15, 0.2) is 12.1 Å². The van der Waals surface area contributed by atoms with Crippen molar-refractivity contribution in [2.75, 3.05) is 50.7 Å². The number of anilines is 2. The molecule has 0 atom stereocenters. The van der Waals surface area contributed by atoms with Crippen LogP contribution in [0.25, 0.3) is 0 Å². The number of rotatable bonds is 7. The van der Waals surface area contributed by atoms with Gasteiger partial charge >= 0.3 is 0 Å². The van der Waals surface area contributed by atoms with E-state index in [2.05, 4.69) is 5.32 Å². The number of methoxy groups -OCH3 is 2. The minimum Gasteiger partial charge on any atom is -0.383 e. The molecule has 0 spiro atoms. The molecule has 21 heavy (non-hydrogen) atoms. The summed E-state index contributed by atoms with van der Waals surface area (Å²) in [7, 11) is 3.12. The van der Waals surface area contributed by atoms with Crippen LogP contribution in [-0.4, -0.2) is 52.2 Å². The van der Waals surface area contributed by atoms with E-state index in [1.807, 2.05) is 0 Å². The molecule has 0 saturated carbocycles. The van der Waals surface area contributed by atoms with Crippen molar-refractivity contribution in [3.05, 3.63) is 23.5 Å². The quantitative estimate of drug-likeness (QED) is 0.762. The Morgan fingerprint density at radius 3 is 2.33 bits per heavy atom. The fourth-order valence-corrected chi connectivity index (χ4v) is 2.15. The maximum Gasteiger partial charge on any atom is 0.296 e. The lowest BCUT2D eigenvalue weighted by molar-refractivity contribution is -0.112. The number of nitrogens with one attached hydrogen (secondary N) is 1. The van der Waals surface area contributed by atoms with Crippen LogP contribution in [0.1, 0.15) is 10.4 Å². The molecule has 0 radical (unpaired) electrons. The topological polar surface area (TPSA) is 67.9 Å². The molecule has 1 aliphatic rings. The molecule has 0 aromatic heterocycles. The first-order valence-corrected chi connectivity index (χ1v) is 6.50. The molecule has 0 fully saturated rings. The van der Waals surface area contributed by atoms with E-state index < -0.39 is 17.5 Å². The summed E-state index contributed by atoms with van der Waals surface area (Å²) in [6.45, 7) is 1.78. The van der Waals surface area contributed by atoms with Gasteiger partial charge in [0.15, 0.2) is 0 Å². The SMILES string of the molecule is COCCN(CCOC)c1cc2c(cc1F)C(=O)C(=O)N2. The summed E-state index contributed by atoms with van der Waals surface area (Å²) in [5.41, 5.74) is 0.707. The third kappa shape index (κ3) is 3.20. The molecule has 0 bridgehead atoms. The van der Waals surface area contributed by atoms with E-state index in [1.165, 1.54) is 6.07 Å². The number of hydrogen-bond donors (Lipinski definition) is 1. The van der Waals surface area contributed by atoms with Crippen LogP contribution < -0.4 is 10.2 Å². The van der Waals surface area contributed by atoms with Crippen LogP contribution >= 0.6 is 0 Å². The average molecular weight is 296 g/mol. The van der Waals surface area contributed by atoms with E-state index in [-0.39, 0.29) is 5.56 Å². The van der Waals surface area contributed by atoms with Gasteiger partial charge in [0.1, 0.15) is 5.82 Å². The molecule has 1 amide bonds. The van der Waals surface area contributed by atoms with Crippen LogP contribution in [-0.2, 0) is 14.3 Å². The van der Waals surface area contributed by atoms with Gasteiger partial charge in [-0.25, -0.2) is 4.39 Å². The van der Waals surface area contributed by atoms with Gasteiger partial charge in [-0.2, -0.15) is 0 Å². The lowest BCUT2D eigenvalue weighted by atomic mass is 10.1. The first kappa shape index (κ1) is 15.4. The van der Waals surface area contributed by atoms with Gasteiger partial charge in [-0.3, -0.25) is 9.59 Å². The fraction of sp³-hybridized carbons (Fsp3) is 0.429. The third-order valence-electron chi connectivity index (χ3n) is 3.26. The molecular formula is C14H17FN2O4. The van der Waals surface area contributed by atoms with Crippen LogP contribution in [0.3, 0.4) is 0 Å². The number of ether oxygens (including phenoxy) is 2. The molecule has 114 valence electrons. The summed E-state index contributed by atoms with van der Waals surface area (Å²) in [4.78, 5) is 24.6. The lowest BCUT2D eigenvalue weighted by Gasteiger charge is -2.25. The number of hydrogen-bond acceptors (Lipinski definition) is 5. The third-order valence-corrected chi connectivity index (χ3v) is 3.26. The monoisotopic (exact) mass is 296 g/mol. The van der Waals surface area contributed by atoms with Crippen molar-refractivity contribution in [2.45, 2.75) is 0 Å². The molecule has 1 aliphatic heterocycles. The number of benzene rings is 1. The summed E-state index contributed by atoms with van der Waals surface area (Å²) < 4.78 is 24.3. The fourth-order valence-electron chi connectivity index (χ4n) is 2.15. The summed E-state index contributed by atoms with van der Waals surface area (Å²) in [6, 6.07) is 2.57. The normalized spacial score (nSPS) is 13.3. The van der Waals surface area contributed by atoms with Crippen LogP contribution in [0.2, 0.25) is 0 Å². The zero-order valence-electron chi connectivity index (χ0n) is 11.9. The Hall–Kier alpha value is -1.99. The molecule has 7 heteroatoms. The van der Waals surface area contributed by atoms with Crippen LogP contribution in [0.4, 0.5) is 15.8 Å². The standard InChI is InChI=1S/C14H17FN2O4/c1-20-5-3-17(4-6-21-2)12-8-11-9(7-10(12)15)13(18)14(19)16-11/h7-8H,3-6H2,1-2H3,(H,16,18,19). The van der Waals surface area contributed by atoms with Crippen molar-refractivity contribution in [1.82, 2.24) is 0 Å². The molecule has 1 aromatic carbocycles. The van der Waals surface area contributed by atoms with Gasteiger partial charge in [-0.05, 0) is 12.1 Å². The second kappa shape index (κ2) is 6.64. The molecule has 1 N–H and O–H groups in total. The number of carbonyl (C=O) groups excluding carboxylic acids is 2. The first-order valence-electron chi connectivity index (χ1n) is 6.50. The van der Waals surface area contributed by atoms with Crippen molar-refractivity contribution >= 4 is 23.1 Å². The molecule has 0 saturated heterocycles. The summed E-state index contributed by atoms with van der Waals surface area (Å²) in [5.74, 6) is -2.00. The van der Waals surface area contributed by atoms with Gasteiger partial charge in [0.2, 0.25) is 0 Å². The maximum absolute atomic E-state index is 14.2. The number of halogens is 1. The predicted molar refractivity (Wildman–Crippen MR) is 75.3 cm³/mol. The van der Waals surface area contributed by atoms with Gasteiger partial charge in [-0.15, -0.1) is 0 Å². The Morgan fingerprint density at radius 2 is 1.76 bits per heavy atom. The van der Waals surface area contributed by atoms with Gasteiger partial charge in [0.25, 0.3) is 11.7 Å². The first-order chi connectivity index (χ1) is 10.1. The largest absolute Gasteiger partial charge is 0.383 e. The number of carbonyl (C=O) groups is 2. The number of fused-ring (bicyclic) bond motifs is 1. The Morgan fingerprint density at radius 1 is 1.14 bits per heavy atom. The highest BCUT2D eigenvalue weighted by Gasteiger charge is 2.30. The predicted octanol–water partition coefficient (Wildman–Crippen LogP) is 1.06. The number of ketones is 1. The number of Topliss-reactive ketones (excluding diaryl/α,β-unsaturated/α-hetero) is 1. The zero-order chi connectivity index (χ0) is 15.4. The number of amides is 1. The van der Waals surface area contributed by atoms with Crippen molar-refractivity contribution in [3.63, 3.8) is 0 Å². The van der Waals surface area contributed by atoms with Crippen LogP contribution in [0, 0.1) is 5.82 Å². The highest BCUT2D eigenvalue weighted by Crippen LogP contribution is 2.31. The van der Waals surface area contributed by atoms with Crippen molar-refractivity contribution in [2.24, 2.45) is 0 Å². The van der Waals surface area contributed by atoms with E-state index >= 15 is 0 Å². The summed E-state index contributed by atoms with van der Waals surface area (Å²) in [6.07, 6.45) is 0. The second-order valence-corrected chi connectivity index (χ2v) is 4.61. The Kier molecular flexibility index (Phi) is 4.87. The van der Waals surface area contributed by atoms with E-state index in [1.54, 1.807) is 19.1 Å². The van der Waals surface area contributed by atoms with E-state index in [0.29, 0.717) is 37.7 Å². The van der Waals surface area contributed by atoms with Gasteiger partial charge in [-0.1, -0.05) is 0 Å². The minimum absolute atomic E-state index is 0.0692. The van der Waals surface area contributed by atoms with Gasteiger partial charge < -0.3 is 19.7 Å². The molecular weight excluding hydrogens is 279 g/mol. The molecule has 1 heterocycles. The minimum atomic E-state index is -0.734. The molecule has 0 aliphatic carbocycles. The smallest absolute Gasteiger partial charge is 0.296 e. The summed E-state index contributed by atoms with van der Waals surface area (Å²) in [5, 5.41) is 2.44. The average Bonchev–Trinajstić information content (AvgIpc) is 2.74. The van der Waals surface area contributed by atoms with Crippen molar-refractivity contribution in [3.8, 4) is 0 Å². The second-order valence-electron chi connectivity index (χ2n) is 4.61. The van der Waals surface area contributed by atoms with Crippen molar-refractivity contribution in [1.29, 1.82) is 0 Å². The van der Waals surface area contributed by atoms with Crippen molar-refractivity contribution < 1.29 is 23.5 Å². The van der Waals surface area contributed by atoms with Crippen LogP contribution in [0.5, 0.6) is 0 Å². The van der Waals surface area contributed by atoms with E-state index in [9.17, 15) is 14.0 Å². The highest BCUT2D eigenvalue weighted by atomic mass is 19.1. The number of nitrogens with zero attached hydrogens (tertiary/aromatic N) is 1. The Labute approximate surface area is 121 Å². The lowest BCUT2D eigenvalue weighted by Crippen LogP contribution is -2.31. The summed E-state index contributed by atoms with van der Waals surface area (Å²) >= 11 is 0. The van der Waals surface area contributed by atoms with E-state index in [0.717, 1.165) is 6.07 Å². The van der Waals surface area contributed by atoms with Gasteiger partial charge in [0.05, 0.1) is 30.2 Å². The Balaban J connectivity index is 2.30. The molecule has 6 nitrogen and oxygen atoms in total. The Bertz CT molecular complexity index is 554. The van der Waals surface area contributed by atoms with Gasteiger partial charge in [0, 0.05) is 27.3 Å².